The van der Waals surface area contributed by atoms with E-state index in [2.05, 4.69) is 0 Å². The number of rotatable bonds is 10. The molecule has 3 aromatic rings. The Balaban J connectivity index is 1.82. The Labute approximate surface area is 180 Å². The molecule has 160 valence electrons. The fraction of sp³-hybridized carbons (Fsp3) is 0.364. The summed E-state index contributed by atoms with van der Waals surface area (Å²) in [4.78, 5) is 21.5. The van der Waals surface area contributed by atoms with Crippen molar-refractivity contribution in [1.29, 1.82) is 0 Å². The zero-order chi connectivity index (χ0) is 21.5. The number of amides is 1. The molecule has 30 heavy (non-hydrogen) atoms. The predicted octanol–water partition coefficient (Wildman–Crippen LogP) is 3.68. The van der Waals surface area contributed by atoms with Crippen molar-refractivity contribution < 1.29 is 19.0 Å². The van der Waals surface area contributed by atoms with Gasteiger partial charge in [0.05, 0.1) is 27.2 Å². The molecule has 3 rings (SSSR count). The van der Waals surface area contributed by atoms with Gasteiger partial charge in [-0.05, 0) is 38.4 Å². The average molecular weight is 430 g/mol. The van der Waals surface area contributed by atoms with Crippen LogP contribution < -0.4 is 19.1 Å². The second-order valence-electron chi connectivity index (χ2n) is 6.90. The van der Waals surface area contributed by atoms with E-state index in [4.69, 9.17) is 19.2 Å². The molecule has 1 amide bonds. The third-order valence-electron chi connectivity index (χ3n) is 4.53. The number of para-hydroxylation sites is 1. The number of thiazole rings is 1. The fourth-order valence-corrected chi connectivity index (χ4v) is 4.04. The SMILES string of the molecule is COc1ccc(OC)c2sc(N(CCN(C)C)C(=O)CCOc3ccccc3)nc12. The smallest absolute Gasteiger partial charge is 0.232 e. The first-order valence-electron chi connectivity index (χ1n) is 9.68. The first-order chi connectivity index (χ1) is 14.5. The third-order valence-corrected chi connectivity index (χ3v) is 5.62. The van der Waals surface area contributed by atoms with Gasteiger partial charge in [0.15, 0.2) is 5.13 Å². The van der Waals surface area contributed by atoms with Crippen molar-refractivity contribution in [2.45, 2.75) is 6.42 Å². The van der Waals surface area contributed by atoms with Gasteiger partial charge >= 0.3 is 0 Å². The van der Waals surface area contributed by atoms with Crippen LogP contribution >= 0.6 is 11.3 Å². The summed E-state index contributed by atoms with van der Waals surface area (Å²) in [7, 11) is 7.18. The third kappa shape index (κ3) is 5.20. The number of ether oxygens (including phenoxy) is 3. The van der Waals surface area contributed by atoms with Gasteiger partial charge in [-0.2, -0.15) is 0 Å². The Morgan fingerprint density at radius 1 is 1.00 bits per heavy atom. The largest absolute Gasteiger partial charge is 0.495 e. The number of likely N-dealkylation sites (N-methyl/N-ethyl adjacent to an activating group) is 1. The lowest BCUT2D eigenvalue weighted by Gasteiger charge is -2.22. The Bertz CT molecular complexity index is 934. The summed E-state index contributed by atoms with van der Waals surface area (Å²) in [6.45, 7) is 1.55. The van der Waals surface area contributed by atoms with Crippen molar-refractivity contribution in [3.8, 4) is 17.2 Å². The zero-order valence-corrected chi connectivity index (χ0v) is 18.6. The van der Waals surface area contributed by atoms with Gasteiger partial charge in [0.1, 0.15) is 27.5 Å². The van der Waals surface area contributed by atoms with Crippen LogP contribution in [0.5, 0.6) is 17.2 Å². The highest BCUT2D eigenvalue weighted by molar-refractivity contribution is 7.22. The van der Waals surface area contributed by atoms with E-state index in [0.717, 1.165) is 17.0 Å². The second-order valence-corrected chi connectivity index (χ2v) is 7.88. The van der Waals surface area contributed by atoms with Gasteiger partial charge in [0.25, 0.3) is 0 Å². The lowest BCUT2D eigenvalue weighted by molar-refractivity contribution is -0.119. The van der Waals surface area contributed by atoms with E-state index in [-0.39, 0.29) is 12.3 Å². The fourth-order valence-electron chi connectivity index (χ4n) is 2.92. The van der Waals surface area contributed by atoms with Crippen LogP contribution in [0.2, 0.25) is 0 Å². The van der Waals surface area contributed by atoms with Gasteiger partial charge in [-0.3, -0.25) is 9.69 Å². The number of hydrogen-bond donors (Lipinski definition) is 0. The summed E-state index contributed by atoms with van der Waals surface area (Å²) in [6.07, 6.45) is 0.256. The average Bonchev–Trinajstić information content (AvgIpc) is 3.18. The van der Waals surface area contributed by atoms with Crippen LogP contribution in [0, 0.1) is 0 Å². The first-order valence-corrected chi connectivity index (χ1v) is 10.5. The molecule has 7 nitrogen and oxygen atoms in total. The Morgan fingerprint density at radius 3 is 2.37 bits per heavy atom. The minimum Gasteiger partial charge on any atom is -0.495 e. The first kappa shape index (κ1) is 21.9. The minimum absolute atomic E-state index is 0.0372. The highest BCUT2D eigenvalue weighted by atomic mass is 32.1. The number of fused-ring (bicyclic) bond motifs is 1. The summed E-state index contributed by atoms with van der Waals surface area (Å²) in [5.74, 6) is 2.08. The molecule has 0 unspecified atom stereocenters. The molecule has 0 atom stereocenters. The van der Waals surface area contributed by atoms with Crippen LogP contribution in [0.3, 0.4) is 0 Å². The number of hydrogen-bond acceptors (Lipinski definition) is 7. The molecule has 0 aliphatic carbocycles. The van der Waals surface area contributed by atoms with Crippen LogP contribution in [-0.2, 0) is 4.79 Å². The van der Waals surface area contributed by atoms with Crippen molar-refractivity contribution in [2.24, 2.45) is 0 Å². The normalized spacial score (nSPS) is 11.0. The summed E-state index contributed by atoms with van der Waals surface area (Å²) < 4.78 is 17.5. The molecule has 0 N–H and O–H groups in total. The van der Waals surface area contributed by atoms with E-state index in [1.165, 1.54) is 11.3 Å². The van der Waals surface area contributed by atoms with Crippen LogP contribution in [-0.4, -0.2) is 63.8 Å². The molecule has 0 bridgehead atoms. The molecule has 0 saturated carbocycles. The van der Waals surface area contributed by atoms with Crippen molar-refractivity contribution in [1.82, 2.24) is 9.88 Å². The molecule has 1 aromatic heterocycles. The van der Waals surface area contributed by atoms with E-state index in [1.807, 2.05) is 61.5 Å². The van der Waals surface area contributed by atoms with E-state index in [1.54, 1.807) is 19.1 Å². The molecular formula is C22H27N3O4S. The monoisotopic (exact) mass is 429 g/mol. The summed E-state index contributed by atoms with van der Waals surface area (Å²) in [5, 5.41) is 0.624. The molecule has 0 aliphatic heterocycles. The van der Waals surface area contributed by atoms with E-state index >= 15 is 0 Å². The number of nitrogens with zero attached hydrogens (tertiary/aromatic N) is 3. The van der Waals surface area contributed by atoms with Crippen molar-refractivity contribution in [3.05, 3.63) is 42.5 Å². The zero-order valence-electron chi connectivity index (χ0n) is 17.8. The molecule has 0 fully saturated rings. The maximum absolute atomic E-state index is 13.1. The van der Waals surface area contributed by atoms with Crippen LogP contribution in [0.15, 0.2) is 42.5 Å². The van der Waals surface area contributed by atoms with Gasteiger partial charge in [-0.25, -0.2) is 4.98 Å². The van der Waals surface area contributed by atoms with Crippen LogP contribution in [0.25, 0.3) is 10.2 Å². The molecule has 2 aromatic carbocycles. The van der Waals surface area contributed by atoms with Crippen molar-refractivity contribution in [3.63, 3.8) is 0 Å². The van der Waals surface area contributed by atoms with E-state index in [0.29, 0.717) is 35.3 Å². The summed E-state index contributed by atoms with van der Waals surface area (Å²) >= 11 is 1.43. The van der Waals surface area contributed by atoms with Gasteiger partial charge in [0.2, 0.25) is 5.91 Å². The quantitative estimate of drug-likeness (QED) is 0.490. The van der Waals surface area contributed by atoms with Gasteiger partial charge in [-0.1, -0.05) is 29.5 Å². The standard InChI is InChI=1S/C22H27N3O4S/c1-24(2)13-14-25(19(26)12-15-29-16-8-6-5-7-9-16)22-23-20-17(27-3)10-11-18(28-4)21(20)30-22/h5-11H,12-15H2,1-4H3. The second kappa shape index (κ2) is 10.3. The van der Waals surface area contributed by atoms with E-state index < -0.39 is 0 Å². The van der Waals surface area contributed by atoms with Gasteiger partial charge in [0, 0.05) is 13.1 Å². The number of methoxy groups -OCH3 is 2. The predicted molar refractivity (Wildman–Crippen MR) is 120 cm³/mol. The molecule has 0 aliphatic rings. The molecular weight excluding hydrogens is 402 g/mol. The summed E-state index contributed by atoms with van der Waals surface area (Å²) in [5.41, 5.74) is 0.694. The van der Waals surface area contributed by atoms with E-state index in [9.17, 15) is 4.79 Å². The van der Waals surface area contributed by atoms with Crippen molar-refractivity contribution in [2.75, 3.05) is 52.9 Å². The molecule has 0 spiro atoms. The number of benzene rings is 2. The number of anilines is 1. The number of aromatic nitrogens is 1. The van der Waals surface area contributed by atoms with Crippen LogP contribution in [0.1, 0.15) is 6.42 Å². The highest BCUT2D eigenvalue weighted by Gasteiger charge is 2.22. The molecule has 0 saturated heterocycles. The lowest BCUT2D eigenvalue weighted by atomic mass is 10.3. The van der Waals surface area contributed by atoms with Crippen molar-refractivity contribution >= 4 is 32.6 Å². The summed E-state index contributed by atoms with van der Waals surface area (Å²) in [6, 6.07) is 13.2. The van der Waals surface area contributed by atoms with Gasteiger partial charge < -0.3 is 19.1 Å². The van der Waals surface area contributed by atoms with Crippen LogP contribution in [0.4, 0.5) is 5.13 Å². The Kier molecular flexibility index (Phi) is 7.48. The lowest BCUT2D eigenvalue weighted by Crippen LogP contribution is -2.37. The number of carbonyl (C=O) groups excluding carboxylic acids is 1. The van der Waals surface area contributed by atoms with Gasteiger partial charge in [-0.15, -0.1) is 0 Å². The highest BCUT2D eigenvalue weighted by Crippen LogP contribution is 2.40. The Morgan fingerprint density at radius 2 is 1.70 bits per heavy atom. The Hall–Kier alpha value is -2.84. The minimum atomic E-state index is -0.0372. The molecule has 1 heterocycles. The molecule has 8 heteroatoms. The molecule has 0 radical (unpaired) electrons. The maximum atomic E-state index is 13.1. The topological polar surface area (TPSA) is 64.1 Å². The number of carbonyl (C=O) groups is 1. The maximum Gasteiger partial charge on any atom is 0.232 e.